The molecule has 0 radical (unpaired) electrons. The van der Waals surface area contributed by atoms with Crippen molar-refractivity contribution in [1.82, 2.24) is 5.32 Å². The van der Waals surface area contributed by atoms with Gasteiger partial charge in [-0.1, -0.05) is 11.8 Å². The molecule has 3 fully saturated rings. The average molecular weight is 281 g/mol. The highest BCUT2D eigenvalue weighted by molar-refractivity contribution is 5.94. The molecule has 2 N–H and O–H groups in total. The molecule has 1 aromatic carbocycles. The Morgan fingerprint density at radius 2 is 1.86 bits per heavy atom. The highest BCUT2D eigenvalue weighted by Crippen LogP contribution is 2.65. The quantitative estimate of drug-likeness (QED) is 0.812. The molecule has 2 bridgehead atoms. The van der Waals surface area contributed by atoms with Crippen molar-refractivity contribution in [2.45, 2.75) is 25.3 Å². The van der Waals surface area contributed by atoms with Crippen LogP contribution in [0.2, 0.25) is 0 Å². The minimum atomic E-state index is -0.144. The van der Waals surface area contributed by atoms with Crippen LogP contribution in [0.5, 0.6) is 0 Å². The molecule has 3 saturated carbocycles. The number of hydrogen-bond donors (Lipinski definition) is 2. The first-order valence-electron chi connectivity index (χ1n) is 7.78. The van der Waals surface area contributed by atoms with Crippen LogP contribution in [-0.2, 0) is 0 Å². The number of carbonyl (C=O) groups is 1. The van der Waals surface area contributed by atoms with Crippen LogP contribution in [0.4, 0.5) is 0 Å². The van der Waals surface area contributed by atoms with Crippen LogP contribution in [0.25, 0.3) is 0 Å². The van der Waals surface area contributed by atoms with Gasteiger partial charge in [0.05, 0.1) is 0 Å². The predicted molar refractivity (Wildman–Crippen MR) is 79.5 cm³/mol. The molecular weight excluding hydrogens is 262 g/mol. The van der Waals surface area contributed by atoms with Crippen molar-refractivity contribution in [3.05, 3.63) is 35.4 Å². The second-order valence-electron chi connectivity index (χ2n) is 6.52. The number of hydrogen-bond acceptors (Lipinski definition) is 2. The van der Waals surface area contributed by atoms with Gasteiger partial charge in [-0.2, -0.15) is 0 Å². The molecule has 1 amide bonds. The smallest absolute Gasteiger partial charge is 0.251 e. The number of rotatable bonds is 2. The number of carbonyl (C=O) groups excluding carboxylic acids is 1. The molecule has 3 heteroatoms. The summed E-state index contributed by atoms with van der Waals surface area (Å²) in [5.41, 5.74) is 1.52. The second kappa shape index (κ2) is 4.89. The zero-order valence-electron chi connectivity index (χ0n) is 11.9. The molecule has 108 valence electrons. The van der Waals surface area contributed by atoms with E-state index in [4.69, 9.17) is 5.11 Å². The third-order valence-corrected chi connectivity index (χ3v) is 5.49. The van der Waals surface area contributed by atoms with Crippen molar-refractivity contribution in [2.75, 3.05) is 6.61 Å². The molecule has 0 aliphatic heterocycles. The van der Waals surface area contributed by atoms with Gasteiger partial charge in [0, 0.05) is 17.2 Å². The van der Waals surface area contributed by atoms with Gasteiger partial charge in [-0.05, 0) is 67.2 Å². The molecule has 21 heavy (non-hydrogen) atoms. The lowest BCUT2D eigenvalue weighted by Crippen LogP contribution is -2.29. The van der Waals surface area contributed by atoms with Gasteiger partial charge in [-0.15, -0.1) is 0 Å². The predicted octanol–water partition coefficient (Wildman–Crippen LogP) is 1.80. The monoisotopic (exact) mass is 281 g/mol. The molecule has 0 aromatic heterocycles. The van der Waals surface area contributed by atoms with E-state index in [-0.39, 0.29) is 12.5 Å². The maximum Gasteiger partial charge on any atom is 0.251 e. The van der Waals surface area contributed by atoms with Crippen molar-refractivity contribution in [2.24, 2.45) is 23.7 Å². The zero-order valence-corrected chi connectivity index (χ0v) is 11.9. The Morgan fingerprint density at radius 1 is 1.19 bits per heavy atom. The number of fused-ring (bicyclic) bond motifs is 5. The second-order valence-corrected chi connectivity index (χ2v) is 6.52. The van der Waals surface area contributed by atoms with Crippen molar-refractivity contribution in [3.8, 4) is 11.8 Å². The maximum atomic E-state index is 12.3. The van der Waals surface area contributed by atoms with Gasteiger partial charge in [0.15, 0.2) is 0 Å². The van der Waals surface area contributed by atoms with Crippen molar-refractivity contribution in [1.29, 1.82) is 0 Å². The normalized spacial score (nSPS) is 34.8. The standard InChI is InChI=1S/C18H19NO2/c20-9-1-2-11-3-5-12(6-4-11)18(21)19-17-15-13-7-8-14(10-13)16(15)17/h3-6,13-17,20H,7-10H2,(H,19,21). The first-order valence-corrected chi connectivity index (χ1v) is 7.78. The first-order chi connectivity index (χ1) is 10.3. The van der Waals surface area contributed by atoms with Crippen molar-refractivity contribution in [3.63, 3.8) is 0 Å². The fourth-order valence-electron chi connectivity index (χ4n) is 4.60. The molecule has 0 saturated heterocycles. The summed E-state index contributed by atoms with van der Waals surface area (Å²) >= 11 is 0. The molecule has 1 aromatic rings. The van der Waals surface area contributed by atoms with Gasteiger partial charge in [0.2, 0.25) is 0 Å². The fraction of sp³-hybridized carbons (Fsp3) is 0.500. The lowest BCUT2D eigenvalue weighted by molar-refractivity contribution is 0.0944. The lowest BCUT2D eigenvalue weighted by atomic mass is 10.0. The highest BCUT2D eigenvalue weighted by atomic mass is 16.2. The van der Waals surface area contributed by atoms with Gasteiger partial charge in [-0.25, -0.2) is 0 Å². The van der Waals surface area contributed by atoms with E-state index in [2.05, 4.69) is 17.2 Å². The van der Waals surface area contributed by atoms with E-state index in [0.29, 0.717) is 11.6 Å². The van der Waals surface area contributed by atoms with Crippen LogP contribution in [-0.4, -0.2) is 23.7 Å². The van der Waals surface area contributed by atoms with Gasteiger partial charge in [-0.3, -0.25) is 4.79 Å². The Labute approximate surface area is 124 Å². The number of nitrogens with one attached hydrogen (secondary N) is 1. The van der Waals surface area contributed by atoms with Crippen molar-refractivity contribution < 1.29 is 9.90 Å². The number of aliphatic hydroxyl groups is 1. The van der Waals surface area contributed by atoms with Crippen LogP contribution in [0.3, 0.4) is 0 Å². The largest absolute Gasteiger partial charge is 0.384 e. The summed E-state index contributed by atoms with van der Waals surface area (Å²) in [5, 5.41) is 11.9. The van der Waals surface area contributed by atoms with Crippen LogP contribution in [0.1, 0.15) is 35.2 Å². The molecular formula is C18H19NO2. The Balaban J connectivity index is 1.40. The number of aliphatic hydroxyl groups excluding tert-OH is 1. The van der Waals surface area contributed by atoms with E-state index in [1.54, 1.807) is 0 Å². The molecule has 3 aliphatic carbocycles. The number of amides is 1. The van der Waals surface area contributed by atoms with Crippen LogP contribution in [0, 0.1) is 35.5 Å². The summed E-state index contributed by atoms with van der Waals surface area (Å²) in [5.74, 6) is 8.76. The summed E-state index contributed by atoms with van der Waals surface area (Å²) in [6, 6.07) is 7.70. The van der Waals surface area contributed by atoms with Crippen LogP contribution >= 0.6 is 0 Å². The topological polar surface area (TPSA) is 49.3 Å². The SMILES string of the molecule is O=C(NC1C2C3CCC(C3)C12)c1ccc(C#CCO)cc1. The van der Waals surface area contributed by atoms with E-state index in [1.165, 1.54) is 19.3 Å². The summed E-state index contributed by atoms with van der Waals surface area (Å²) in [6.45, 7) is -0.144. The molecule has 0 spiro atoms. The third-order valence-electron chi connectivity index (χ3n) is 5.49. The van der Waals surface area contributed by atoms with Gasteiger partial charge in [0.25, 0.3) is 5.91 Å². The Hall–Kier alpha value is -1.79. The van der Waals surface area contributed by atoms with Crippen LogP contribution in [0.15, 0.2) is 24.3 Å². The molecule has 4 unspecified atom stereocenters. The van der Waals surface area contributed by atoms with Gasteiger partial charge < -0.3 is 10.4 Å². The fourth-order valence-corrected chi connectivity index (χ4v) is 4.60. The minimum absolute atomic E-state index is 0.0375. The third kappa shape index (κ3) is 2.15. The summed E-state index contributed by atoms with van der Waals surface area (Å²) < 4.78 is 0. The van der Waals surface area contributed by atoms with E-state index >= 15 is 0 Å². The summed E-state index contributed by atoms with van der Waals surface area (Å²) in [7, 11) is 0. The molecule has 3 aliphatic rings. The zero-order chi connectivity index (χ0) is 14.4. The maximum absolute atomic E-state index is 12.3. The minimum Gasteiger partial charge on any atom is -0.384 e. The molecule has 4 rings (SSSR count). The van der Waals surface area contributed by atoms with E-state index in [9.17, 15) is 4.79 Å². The Morgan fingerprint density at radius 3 is 2.48 bits per heavy atom. The van der Waals surface area contributed by atoms with E-state index in [1.807, 2.05) is 24.3 Å². The molecule has 4 atom stereocenters. The van der Waals surface area contributed by atoms with E-state index < -0.39 is 0 Å². The Bertz CT molecular complexity index is 609. The average Bonchev–Trinajstić information content (AvgIpc) is 2.90. The van der Waals surface area contributed by atoms with Crippen molar-refractivity contribution >= 4 is 5.91 Å². The van der Waals surface area contributed by atoms with Gasteiger partial charge in [0.1, 0.15) is 6.61 Å². The van der Waals surface area contributed by atoms with Crippen LogP contribution < -0.4 is 5.32 Å². The van der Waals surface area contributed by atoms with E-state index in [0.717, 1.165) is 29.2 Å². The Kier molecular flexibility index (Phi) is 3.01. The summed E-state index contributed by atoms with van der Waals surface area (Å²) in [6.07, 6.45) is 4.15. The molecule has 3 nitrogen and oxygen atoms in total. The summed E-state index contributed by atoms with van der Waals surface area (Å²) in [4.78, 5) is 12.3. The lowest BCUT2D eigenvalue weighted by Gasteiger charge is -2.10. The number of benzene rings is 1. The highest BCUT2D eigenvalue weighted by Gasteiger charge is 2.65. The first kappa shape index (κ1) is 12.9. The van der Waals surface area contributed by atoms with Gasteiger partial charge >= 0.3 is 0 Å². The molecule has 0 heterocycles.